The molecule has 0 unspecified atom stereocenters. The normalized spacial score (nSPS) is 14.2. The molecule has 2 atom stereocenters. The average Bonchev–Trinajstić information content (AvgIpc) is 2.34. The van der Waals surface area contributed by atoms with Crippen molar-refractivity contribution in [3.05, 3.63) is 29.8 Å². The van der Waals surface area contributed by atoms with Crippen molar-refractivity contribution < 1.29 is 24.5 Å². The fourth-order valence-corrected chi connectivity index (χ4v) is 1.65. The number of aliphatic carboxylic acids is 1. The fourth-order valence-electron chi connectivity index (χ4n) is 1.65. The summed E-state index contributed by atoms with van der Waals surface area (Å²) in [5.74, 6) is -1.39. The molecule has 0 aromatic heterocycles. The summed E-state index contributed by atoms with van der Waals surface area (Å²) in [6, 6.07) is 6.24. The first-order valence-corrected chi connectivity index (χ1v) is 6.01. The van der Waals surface area contributed by atoms with Gasteiger partial charge in [-0.15, -0.1) is 0 Å². The maximum atomic E-state index is 11.0. The molecule has 0 saturated carbocycles. The van der Waals surface area contributed by atoms with E-state index >= 15 is 0 Å². The van der Waals surface area contributed by atoms with Gasteiger partial charge in [0.05, 0.1) is 11.3 Å². The molecular weight excluding hydrogens is 262 g/mol. The molecule has 0 spiro atoms. The number of ether oxygens (including phenoxy) is 1. The van der Waals surface area contributed by atoms with Crippen LogP contribution in [0.1, 0.15) is 32.4 Å². The minimum atomic E-state index is -1.72. The summed E-state index contributed by atoms with van der Waals surface area (Å²) >= 11 is 0. The molecule has 20 heavy (non-hydrogen) atoms. The molecule has 0 heterocycles. The maximum Gasteiger partial charge on any atom is 0.335 e. The van der Waals surface area contributed by atoms with E-state index in [2.05, 4.69) is 4.99 Å². The highest BCUT2D eigenvalue weighted by Crippen LogP contribution is 2.29. The molecule has 6 nitrogen and oxygen atoms in total. The van der Waals surface area contributed by atoms with E-state index in [1.807, 2.05) is 0 Å². The zero-order valence-corrected chi connectivity index (χ0v) is 11.5. The van der Waals surface area contributed by atoms with Gasteiger partial charge >= 0.3 is 5.97 Å². The quantitative estimate of drug-likeness (QED) is 0.634. The third-order valence-electron chi connectivity index (χ3n) is 2.39. The van der Waals surface area contributed by atoms with Crippen LogP contribution in [0, 0.1) is 0 Å². The summed E-state index contributed by atoms with van der Waals surface area (Å²) < 4.78 is 5.61. The highest BCUT2D eigenvalue weighted by molar-refractivity contribution is 5.73. The lowest BCUT2D eigenvalue weighted by molar-refractivity contribution is -0.165. The van der Waals surface area contributed by atoms with Gasteiger partial charge in [0, 0.05) is 0 Å². The van der Waals surface area contributed by atoms with Crippen molar-refractivity contribution >= 4 is 17.7 Å². The number of aliphatic hydroxyl groups is 1. The summed E-state index contributed by atoms with van der Waals surface area (Å²) in [5.41, 5.74) is 0.0920. The Bertz CT molecular complexity index is 529. The van der Waals surface area contributed by atoms with Crippen LogP contribution in [-0.2, 0) is 14.3 Å². The molecule has 0 amide bonds. The molecule has 1 rings (SSSR count). The molecule has 0 radical (unpaired) electrons. The van der Waals surface area contributed by atoms with Crippen LogP contribution in [0.5, 0.6) is 0 Å². The van der Waals surface area contributed by atoms with Gasteiger partial charge in [0.1, 0.15) is 6.10 Å². The van der Waals surface area contributed by atoms with E-state index in [9.17, 15) is 14.7 Å². The number of hydrogen-bond acceptors (Lipinski definition) is 5. The van der Waals surface area contributed by atoms with Gasteiger partial charge < -0.3 is 14.9 Å². The van der Waals surface area contributed by atoms with E-state index < -0.39 is 23.8 Å². The number of carbonyl (C=O) groups is 1. The number of aliphatic hydroxyl groups excluding tert-OH is 1. The Balaban J connectivity index is 3.18. The van der Waals surface area contributed by atoms with Crippen LogP contribution in [0.2, 0.25) is 0 Å². The predicted molar refractivity (Wildman–Crippen MR) is 71.4 cm³/mol. The standard InChI is InChI=1S/C14H17NO5/c1-14(2,3)20-12(11(17)13(18)19)9-5-4-6-10(7-9)15-8-16/h4-7,11-12,17H,1-3H3,(H,18,19)/t11-,12+/m1/s1. The molecule has 0 aliphatic carbocycles. The fraction of sp³-hybridized carbons (Fsp3) is 0.429. The van der Waals surface area contributed by atoms with E-state index in [-0.39, 0.29) is 0 Å². The van der Waals surface area contributed by atoms with Crippen LogP contribution in [0.3, 0.4) is 0 Å². The maximum absolute atomic E-state index is 11.0. The number of nitrogens with zero attached hydrogens (tertiary/aromatic N) is 1. The first-order valence-electron chi connectivity index (χ1n) is 6.01. The Kier molecular flexibility index (Phi) is 5.16. The van der Waals surface area contributed by atoms with Crippen molar-refractivity contribution in [2.24, 2.45) is 4.99 Å². The zero-order chi connectivity index (χ0) is 15.3. The molecule has 2 N–H and O–H groups in total. The smallest absolute Gasteiger partial charge is 0.335 e. The largest absolute Gasteiger partial charge is 0.479 e. The van der Waals surface area contributed by atoms with Crippen molar-refractivity contribution in [2.45, 2.75) is 38.6 Å². The summed E-state index contributed by atoms with van der Waals surface area (Å²) in [5, 5.41) is 18.8. The third kappa shape index (κ3) is 4.59. The lowest BCUT2D eigenvalue weighted by Gasteiger charge is -2.29. The molecule has 0 fully saturated rings. The van der Waals surface area contributed by atoms with Crippen molar-refractivity contribution in [3.63, 3.8) is 0 Å². The lowest BCUT2D eigenvalue weighted by Crippen LogP contribution is -2.34. The van der Waals surface area contributed by atoms with Crippen molar-refractivity contribution in [1.82, 2.24) is 0 Å². The van der Waals surface area contributed by atoms with Gasteiger partial charge in [0.2, 0.25) is 6.08 Å². The molecule has 1 aromatic carbocycles. The van der Waals surface area contributed by atoms with Gasteiger partial charge in [0.15, 0.2) is 6.10 Å². The van der Waals surface area contributed by atoms with Crippen molar-refractivity contribution in [1.29, 1.82) is 0 Å². The van der Waals surface area contributed by atoms with Gasteiger partial charge in [-0.2, -0.15) is 4.99 Å². The Morgan fingerprint density at radius 2 is 2.05 bits per heavy atom. The number of hydrogen-bond donors (Lipinski definition) is 2. The topological polar surface area (TPSA) is 96.2 Å². The lowest BCUT2D eigenvalue weighted by atomic mass is 10.0. The number of carbonyl (C=O) groups excluding carboxylic acids is 1. The molecular formula is C14H17NO5. The van der Waals surface area contributed by atoms with Crippen LogP contribution in [0.25, 0.3) is 0 Å². The Morgan fingerprint density at radius 1 is 1.40 bits per heavy atom. The zero-order valence-electron chi connectivity index (χ0n) is 11.5. The molecule has 0 aliphatic heterocycles. The van der Waals surface area contributed by atoms with Crippen LogP contribution in [-0.4, -0.2) is 34.0 Å². The number of benzene rings is 1. The Labute approximate surface area is 116 Å². The van der Waals surface area contributed by atoms with E-state index in [1.54, 1.807) is 39.0 Å². The monoisotopic (exact) mass is 279 g/mol. The number of aliphatic imine (C=N–C) groups is 1. The van der Waals surface area contributed by atoms with Crippen LogP contribution in [0.15, 0.2) is 29.3 Å². The molecule has 0 aliphatic rings. The molecule has 6 heteroatoms. The van der Waals surface area contributed by atoms with Gasteiger partial charge in [-0.25, -0.2) is 9.59 Å². The first kappa shape index (κ1) is 16.0. The summed E-state index contributed by atoms with van der Waals surface area (Å²) in [7, 11) is 0. The van der Waals surface area contributed by atoms with Crippen molar-refractivity contribution in [3.8, 4) is 0 Å². The Hall–Kier alpha value is -2.01. The minimum Gasteiger partial charge on any atom is -0.479 e. The highest BCUT2D eigenvalue weighted by atomic mass is 16.5. The highest BCUT2D eigenvalue weighted by Gasteiger charge is 2.32. The number of carboxylic acids is 1. The molecule has 0 saturated heterocycles. The average molecular weight is 279 g/mol. The number of isocyanates is 1. The third-order valence-corrected chi connectivity index (χ3v) is 2.39. The number of rotatable bonds is 5. The van der Waals surface area contributed by atoms with E-state index in [0.29, 0.717) is 11.3 Å². The van der Waals surface area contributed by atoms with Gasteiger partial charge in [-0.1, -0.05) is 12.1 Å². The molecule has 108 valence electrons. The first-order chi connectivity index (χ1) is 9.24. The van der Waals surface area contributed by atoms with Gasteiger partial charge in [-0.05, 0) is 38.5 Å². The second-order valence-corrected chi connectivity index (χ2v) is 5.23. The van der Waals surface area contributed by atoms with Crippen LogP contribution >= 0.6 is 0 Å². The van der Waals surface area contributed by atoms with Gasteiger partial charge in [-0.3, -0.25) is 0 Å². The molecule has 0 bridgehead atoms. The van der Waals surface area contributed by atoms with E-state index in [0.717, 1.165) is 0 Å². The summed E-state index contributed by atoms with van der Waals surface area (Å²) in [6.45, 7) is 5.26. The second kappa shape index (κ2) is 6.43. The predicted octanol–water partition coefficient (Wildman–Crippen LogP) is 1.96. The van der Waals surface area contributed by atoms with E-state index in [1.165, 1.54) is 12.1 Å². The number of carboxylic acid groups (broad SMARTS) is 1. The van der Waals surface area contributed by atoms with Crippen LogP contribution in [0.4, 0.5) is 5.69 Å². The SMILES string of the molecule is CC(C)(C)O[C@@H](c1cccc(N=C=O)c1)[C@@H](O)C(=O)O. The molecule has 1 aromatic rings. The summed E-state index contributed by atoms with van der Waals surface area (Å²) in [6.07, 6.45) is -1.37. The van der Waals surface area contributed by atoms with E-state index in [4.69, 9.17) is 9.84 Å². The van der Waals surface area contributed by atoms with Crippen LogP contribution < -0.4 is 0 Å². The Morgan fingerprint density at radius 3 is 2.55 bits per heavy atom. The summed E-state index contributed by atoms with van der Waals surface area (Å²) in [4.78, 5) is 24.7. The second-order valence-electron chi connectivity index (χ2n) is 5.23. The van der Waals surface area contributed by atoms with Crippen molar-refractivity contribution in [2.75, 3.05) is 0 Å². The van der Waals surface area contributed by atoms with Gasteiger partial charge in [0.25, 0.3) is 0 Å². The minimum absolute atomic E-state index is 0.317.